The van der Waals surface area contributed by atoms with Crippen molar-refractivity contribution in [1.29, 1.82) is 0 Å². The van der Waals surface area contributed by atoms with Crippen LogP contribution in [0, 0.1) is 13.8 Å². The molecule has 1 aromatic carbocycles. The molecule has 0 fully saturated rings. The molecular weight excluding hydrogens is 224 g/mol. The number of nitrogens with one attached hydrogen (secondary N) is 1. The summed E-state index contributed by atoms with van der Waals surface area (Å²) in [7, 11) is 3.86. The number of hydrogen-bond donors (Lipinski definition) is 1. The minimum atomic E-state index is 0.799. The lowest BCUT2D eigenvalue weighted by Gasteiger charge is -2.16. The molecule has 0 aromatic heterocycles. The highest BCUT2D eigenvalue weighted by Crippen LogP contribution is 2.09. The van der Waals surface area contributed by atoms with Crippen LogP contribution in [0.25, 0.3) is 0 Å². The van der Waals surface area contributed by atoms with Gasteiger partial charge in [-0.2, -0.15) is 0 Å². The Morgan fingerprint density at radius 2 is 1.94 bits per heavy atom. The van der Waals surface area contributed by atoms with Crippen LogP contribution in [0.3, 0.4) is 0 Å². The molecule has 3 heteroatoms. The fraction of sp³-hybridized carbons (Fsp3) is 0.600. The zero-order valence-electron chi connectivity index (χ0n) is 12.1. The lowest BCUT2D eigenvalue weighted by atomic mass is 10.1. The van der Waals surface area contributed by atoms with Gasteiger partial charge in [0, 0.05) is 33.3 Å². The van der Waals surface area contributed by atoms with Crippen LogP contribution >= 0.6 is 0 Å². The summed E-state index contributed by atoms with van der Waals surface area (Å²) in [4.78, 5) is 2.27. The zero-order chi connectivity index (χ0) is 13.4. The monoisotopic (exact) mass is 250 g/mol. The van der Waals surface area contributed by atoms with E-state index in [1.54, 1.807) is 7.11 Å². The van der Waals surface area contributed by atoms with Gasteiger partial charge in [-0.1, -0.05) is 18.2 Å². The number of hydrogen-bond acceptors (Lipinski definition) is 3. The number of likely N-dealkylation sites (N-methyl/N-ethyl adjacent to an activating group) is 1. The van der Waals surface area contributed by atoms with E-state index in [4.69, 9.17) is 4.74 Å². The Bertz CT molecular complexity index is 352. The Balaban J connectivity index is 2.19. The summed E-state index contributed by atoms with van der Waals surface area (Å²) in [5.74, 6) is 0. The van der Waals surface area contributed by atoms with Crippen molar-refractivity contribution in [3.05, 3.63) is 34.9 Å². The Labute approximate surface area is 111 Å². The van der Waals surface area contributed by atoms with E-state index < -0.39 is 0 Å². The Morgan fingerprint density at radius 3 is 2.61 bits per heavy atom. The van der Waals surface area contributed by atoms with Gasteiger partial charge in [0.15, 0.2) is 0 Å². The second-order valence-corrected chi connectivity index (χ2v) is 4.89. The highest BCUT2D eigenvalue weighted by molar-refractivity contribution is 5.29. The van der Waals surface area contributed by atoms with E-state index in [1.165, 1.54) is 16.7 Å². The molecule has 0 amide bonds. The first-order valence-corrected chi connectivity index (χ1v) is 6.58. The normalized spacial score (nSPS) is 11.2. The second-order valence-electron chi connectivity index (χ2n) is 4.89. The molecule has 0 spiro atoms. The van der Waals surface area contributed by atoms with E-state index in [0.717, 1.165) is 32.8 Å². The molecule has 18 heavy (non-hydrogen) atoms. The van der Waals surface area contributed by atoms with Gasteiger partial charge in [0.25, 0.3) is 0 Å². The molecule has 0 saturated heterocycles. The van der Waals surface area contributed by atoms with Crippen LogP contribution in [0.4, 0.5) is 0 Å². The SMILES string of the molecule is COCCN(C)CCNCc1ccc(C)c(C)c1. The maximum absolute atomic E-state index is 5.05. The van der Waals surface area contributed by atoms with Crippen LogP contribution in [0.2, 0.25) is 0 Å². The van der Waals surface area contributed by atoms with Crippen molar-refractivity contribution in [2.24, 2.45) is 0 Å². The van der Waals surface area contributed by atoms with Crippen molar-refractivity contribution < 1.29 is 4.74 Å². The minimum Gasteiger partial charge on any atom is -0.383 e. The van der Waals surface area contributed by atoms with Gasteiger partial charge in [-0.25, -0.2) is 0 Å². The number of ether oxygens (including phenoxy) is 1. The van der Waals surface area contributed by atoms with E-state index in [0.29, 0.717) is 0 Å². The predicted octanol–water partition coefficient (Wildman–Crippen LogP) is 1.97. The van der Waals surface area contributed by atoms with Crippen molar-refractivity contribution in [3.63, 3.8) is 0 Å². The quantitative estimate of drug-likeness (QED) is 0.714. The van der Waals surface area contributed by atoms with Crippen molar-refractivity contribution in [3.8, 4) is 0 Å². The molecule has 102 valence electrons. The topological polar surface area (TPSA) is 24.5 Å². The maximum Gasteiger partial charge on any atom is 0.0589 e. The zero-order valence-corrected chi connectivity index (χ0v) is 12.1. The molecule has 1 rings (SSSR count). The lowest BCUT2D eigenvalue weighted by molar-refractivity contribution is 0.161. The van der Waals surface area contributed by atoms with Crippen LogP contribution < -0.4 is 5.32 Å². The van der Waals surface area contributed by atoms with Crippen molar-refractivity contribution in [1.82, 2.24) is 10.2 Å². The standard InChI is InChI=1S/C15H26N2O/c1-13-5-6-15(11-14(13)2)12-16-7-8-17(3)9-10-18-4/h5-6,11,16H,7-10,12H2,1-4H3. The molecule has 0 atom stereocenters. The third-order valence-electron chi connectivity index (χ3n) is 3.25. The van der Waals surface area contributed by atoms with E-state index in [-0.39, 0.29) is 0 Å². The smallest absolute Gasteiger partial charge is 0.0589 e. The number of benzene rings is 1. The third kappa shape index (κ3) is 5.63. The van der Waals surface area contributed by atoms with Gasteiger partial charge < -0.3 is 15.0 Å². The van der Waals surface area contributed by atoms with Crippen LogP contribution in [0.1, 0.15) is 16.7 Å². The highest BCUT2D eigenvalue weighted by atomic mass is 16.5. The van der Waals surface area contributed by atoms with E-state index >= 15 is 0 Å². The average molecular weight is 250 g/mol. The summed E-state index contributed by atoms with van der Waals surface area (Å²) >= 11 is 0. The van der Waals surface area contributed by atoms with Crippen molar-refractivity contribution in [2.75, 3.05) is 40.4 Å². The number of methoxy groups -OCH3 is 1. The Kier molecular flexibility index (Phi) is 6.94. The Morgan fingerprint density at radius 1 is 1.17 bits per heavy atom. The van der Waals surface area contributed by atoms with Gasteiger partial charge in [-0.05, 0) is 37.6 Å². The third-order valence-corrected chi connectivity index (χ3v) is 3.25. The lowest BCUT2D eigenvalue weighted by Crippen LogP contribution is -2.31. The molecule has 0 unspecified atom stereocenters. The molecule has 0 heterocycles. The van der Waals surface area contributed by atoms with Crippen LogP contribution in [0.15, 0.2) is 18.2 Å². The van der Waals surface area contributed by atoms with Gasteiger partial charge >= 0.3 is 0 Å². The molecule has 0 saturated carbocycles. The van der Waals surface area contributed by atoms with Gasteiger partial charge in [0.1, 0.15) is 0 Å². The minimum absolute atomic E-state index is 0.799. The predicted molar refractivity (Wildman–Crippen MR) is 77.0 cm³/mol. The molecule has 1 aromatic rings. The molecule has 0 bridgehead atoms. The summed E-state index contributed by atoms with van der Waals surface area (Å²) < 4.78 is 5.05. The van der Waals surface area contributed by atoms with Gasteiger partial charge in [0.05, 0.1) is 6.61 Å². The first kappa shape index (κ1) is 15.2. The van der Waals surface area contributed by atoms with E-state index in [9.17, 15) is 0 Å². The first-order chi connectivity index (χ1) is 8.63. The Hall–Kier alpha value is -0.900. The molecule has 0 radical (unpaired) electrons. The maximum atomic E-state index is 5.05. The molecule has 3 nitrogen and oxygen atoms in total. The summed E-state index contributed by atoms with van der Waals surface area (Å²) in [5, 5.41) is 3.47. The van der Waals surface area contributed by atoms with Crippen molar-refractivity contribution in [2.45, 2.75) is 20.4 Å². The van der Waals surface area contributed by atoms with Crippen LogP contribution in [-0.2, 0) is 11.3 Å². The van der Waals surface area contributed by atoms with Gasteiger partial charge in [-0.3, -0.25) is 0 Å². The summed E-state index contributed by atoms with van der Waals surface area (Å²) in [6.07, 6.45) is 0. The van der Waals surface area contributed by atoms with E-state index in [1.807, 2.05) is 0 Å². The number of nitrogens with zero attached hydrogens (tertiary/aromatic N) is 1. The molecule has 0 aliphatic carbocycles. The number of rotatable bonds is 8. The average Bonchev–Trinajstić information content (AvgIpc) is 2.36. The fourth-order valence-corrected chi connectivity index (χ4v) is 1.78. The molecule has 0 aliphatic heterocycles. The van der Waals surface area contributed by atoms with Gasteiger partial charge in [-0.15, -0.1) is 0 Å². The molecule has 1 N–H and O–H groups in total. The van der Waals surface area contributed by atoms with Crippen molar-refractivity contribution >= 4 is 0 Å². The largest absolute Gasteiger partial charge is 0.383 e. The fourth-order valence-electron chi connectivity index (χ4n) is 1.78. The summed E-state index contributed by atoms with van der Waals surface area (Å²) in [6, 6.07) is 6.65. The van der Waals surface area contributed by atoms with Crippen LogP contribution in [0.5, 0.6) is 0 Å². The number of aryl methyl sites for hydroxylation is 2. The van der Waals surface area contributed by atoms with Crippen LogP contribution in [-0.4, -0.2) is 45.3 Å². The second kappa shape index (κ2) is 8.25. The molecule has 0 aliphatic rings. The first-order valence-electron chi connectivity index (χ1n) is 6.58. The van der Waals surface area contributed by atoms with Gasteiger partial charge in [0.2, 0.25) is 0 Å². The summed E-state index contributed by atoms with van der Waals surface area (Å²) in [5.41, 5.74) is 4.09. The highest BCUT2D eigenvalue weighted by Gasteiger charge is 1.98. The summed E-state index contributed by atoms with van der Waals surface area (Å²) in [6.45, 7) is 9.10. The molecular formula is C15H26N2O. The van der Waals surface area contributed by atoms with E-state index in [2.05, 4.69) is 49.3 Å².